The molecular formula is C24H28N4OS. The molecule has 1 aliphatic rings. The number of carbonyl (C=O) groups is 1. The zero-order valence-corrected chi connectivity index (χ0v) is 18.5. The van der Waals surface area contributed by atoms with E-state index in [0.717, 1.165) is 40.9 Å². The zero-order chi connectivity index (χ0) is 21.1. The summed E-state index contributed by atoms with van der Waals surface area (Å²) in [6.07, 6.45) is 5.16. The Hall–Kier alpha value is -2.60. The molecule has 0 spiro atoms. The second-order valence-electron chi connectivity index (χ2n) is 7.90. The first-order chi connectivity index (χ1) is 14.6. The number of hydrogen-bond acceptors (Lipinski definition) is 4. The molecule has 3 aromatic rings. The maximum Gasteiger partial charge on any atom is 0.191 e. The Bertz CT molecular complexity index is 1050. The summed E-state index contributed by atoms with van der Waals surface area (Å²) in [5.41, 5.74) is 4.29. The van der Waals surface area contributed by atoms with Gasteiger partial charge in [0.2, 0.25) is 0 Å². The van der Waals surface area contributed by atoms with Crippen LogP contribution in [0.25, 0.3) is 0 Å². The minimum atomic E-state index is 0.139. The third-order valence-electron chi connectivity index (χ3n) is 5.67. The van der Waals surface area contributed by atoms with Gasteiger partial charge in [0.25, 0.3) is 0 Å². The summed E-state index contributed by atoms with van der Waals surface area (Å²) in [7, 11) is 0. The third-order valence-corrected chi connectivity index (χ3v) is 6.64. The minimum Gasteiger partial charge on any atom is -0.348 e. The molecule has 0 N–H and O–H groups in total. The Labute approximate surface area is 182 Å². The van der Waals surface area contributed by atoms with Crippen molar-refractivity contribution in [3.8, 4) is 0 Å². The second kappa shape index (κ2) is 9.04. The van der Waals surface area contributed by atoms with Crippen molar-refractivity contribution in [1.29, 1.82) is 0 Å². The van der Waals surface area contributed by atoms with E-state index in [-0.39, 0.29) is 5.78 Å². The van der Waals surface area contributed by atoms with Crippen LogP contribution < -0.4 is 0 Å². The zero-order valence-electron chi connectivity index (χ0n) is 17.7. The molecule has 2 heterocycles. The van der Waals surface area contributed by atoms with E-state index in [1.165, 1.54) is 30.2 Å². The molecule has 1 aliphatic carbocycles. The van der Waals surface area contributed by atoms with E-state index in [1.807, 2.05) is 25.1 Å². The summed E-state index contributed by atoms with van der Waals surface area (Å²) in [6, 6.07) is 12.5. The lowest BCUT2D eigenvalue weighted by Gasteiger charge is -2.10. The summed E-state index contributed by atoms with van der Waals surface area (Å²) >= 11 is 1.47. The molecule has 2 aromatic heterocycles. The average molecular weight is 421 g/mol. The van der Waals surface area contributed by atoms with Gasteiger partial charge in [-0.05, 0) is 44.7 Å². The minimum absolute atomic E-state index is 0.139. The highest BCUT2D eigenvalue weighted by molar-refractivity contribution is 7.99. The molecule has 30 heavy (non-hydrogen) atoms. The SMILES string of the molecule is C=CCn1c(SCC(=O)c2cc(C)n(CCc3ccccc3)c2C)nnc1C1CC1. The Balaban J connectivity index is 1.43. The number of hydrogen-bond donors (Lipinski definition) is 0. The van der Waals surface area contributed by atoms with Gasteiger partial charge in [-0.25, -0.2) is 0 Å². The van der Waals surface area contributed by atoms with Crippen molar-refractivity contribution in [3.63, 3.8) is 0 Å². The lowest BCUT2D eigenvalue weighted by molar-refractivity contribution is 0.102. The quantitative estimate of drug-likeness (QED) is 0.264. The van der Waals surface area contributed by atoms with Gasteiger partial charge in [-0.2, -0.15) is 0 Å². The van der Waals surface area contributed by atoms with Gasteiger partial charge in [0.05, 0.1) is 5.75 Å². The molecule has 156 valence electrons. The topological polar surface area (TPSA) is 52.7 Å². The molecule has 0 amide bonds. The van der Waals surface area contributed by atoms with Crippen LogP contribution in [0.15, 0.2) is 54.2 Å². The lowest BCUT2D eigenvalue weighted by atomic mass is 10.1. The van der Waals surface area contributed by atoms with E-state index in [1.54, 1.807) is 0 Å². The van der Waals surface area contributed by atoms with E-state index < -0.39 is 0 Å². The Kier molecular flexibility index (Phi) is 6.23. The van der Waals surface area contributed by atoms with Gasteiger partial charge >= 0.3 is 0 Å². The van der Waals surface area contributed by atoms with Crippen LogP contribution in [0.2, 0.25) is 0 Å². The van der Waals surface area contributed by atoms with Crippen molar-refractivity contribution in [1.82, 2.24) is 19.3 Å². The lowest BCUT2D eigenvalue weighted by Crippen LogP contribution is -2.09. The van der Waals surface area contributed by atoms with E-state index in [9.17, 15) is 4.79 Å². The van der Waals surface area contributed by atoms with Gasteiger partial charge in [0, 0.05) is 36.0 Å². The summed E-state index contributed by atoms with van der Waals surface area (Å²) in [4.78, 5) is 13.0. The highest BCUT2D eigenvalue weighted by Crippen LogP contribution is 2.40. The third kappa shape index (κ3) is 4.43. The molecule has 1 fully saturated rings. The van der Waals surface area contributed by atoms with Gasteiger partial charge in [-0.3, -0.25) is 4.79 Å². The number of aryl methyl sites for hydroxylation is 2. The van der Waals surface area contributed by atoms with Crippen LogP contribution in [-0.4, -0.2) is 30.9 Å². The smallest absolute Gasteiger partial charge is 0.191 e. The molecule has 5 nitrogen and oxygen atoms in total. The van der Waals surface area contributed by atoms with E-state index >= 15 is 0 Å². The highest BCUT2D eigenvalue weighted by atomic mass is 32.2. The number of rotatable bonds is 10. The predicted molar refractivity (Wildman–Crippen MR) is 121 cm³/mol. The van der Waals surface area contributed by atoms with Gasteiger partial charge in [0.15, 0.2) is 10.9 Å². The molecule has 1 aromatic carbocycles. The van der Waals surface area contributed by atoms with Crippen molar-refractivity contribution in [3.05, 3.63) is 77.4 Å². The molecule has 0 aliphatic heterocycles. The number of carbonyl (C=O) groups excluding carboxylic acids is 1. The molecule has 6 heteroatoms. The number of benzene rings is 1. The fourth-order valence-electron chi connectivity index (χ4n) is 3.87. The van der Waals surface area contributed by atoms with Gasteiger partial charge in [-0.15, -0.1) is 16.8 Å². The van der Waals surface area contributed by atoms with Crippen LogP contribution in [0, 0.1) is 13.8 Å². The first kappa shape index (κ1) is 20.7. The second-order valence-corrected chi connectivity index (χ2v) is 8.84. The normalized spacial score (nSPS) is 13.5. The first-order valence-electron chi connectivity index (χ1n) is 10.5. The fourth-order valence-corrected chi connectivity index (χ4v) is 4.71. The summed E-state index contributed by atoms with van der Waals surface area (Å²) in [5.74, 6) is 2.05. The largest absolute Gasteiger partial charge is 0.348 e. The maximum atomic E-state index is 13.0. The molecule has 1 saturated carbocycles. The monoisotopic (exact) mass is 420 g/mol. The van der Waals surface area contributed by atoms with E-state index in [4.69, 9.17) is 0 Å². The average Bonchev–Trinajstić information content (AvgIpc) is 3.46. The summed E-state index contributed by atoms with van der Waals surface area (Å²) in [6.45, 7) is 9.52. The molecular weight excluding hydrogens is 392 g/mol. The number of allylic oxidation sites excluding steroid dienone is 1. The highest BCUT2D eigenvalue weighted by Gasteiger charge is 2.30. The molecule has 0 unspecified atom stereocenters. The fraction of sp³-hybridized carbons (Fsp3) is 0.375. The number of Topliss-reactive ketones (excluding diaryl/α,β-unsaturated/α-hetero) is 1. The van der Waals surface area contributed by atoms with Crippen molar-refractivity contribution >= 4 is 17.5 Å². The molecule has 0 atom stereocenters. The molecule has 0 radical (unpaired) electrons. The Morgan fingerprint density at radius 3 is 2.67 bits per heavy atom. The van der Waals surface area contributed by atoms with Gasteiger partial charge in [0.1, 0.15) is 5.82 Å². The number of aromatic nitrogens is 4. The summed E-state index contributed by atoms with van der Waals surface area (Å²) in [5, 5.41) is 9.51. The van der Waals surface area contributed by atoms with Gasteiger partial charge < -0.3 is 9.13 Å². The van der Waals surface area contributed by atoms with Crippen LogP contribution in [0.1, 0.15) is 51.9 Å². The van der Waals surface area contributed by atoms with Crippen LogP contribution in [0.5, 0.6) is 0 Å². The van der Waals surface area contributed by atoms with Crippen LogP contribution >= 0.6 is 11.8 Å². The van der Waals surface area contributed by atoms with Crippen molar-refractivity contribution in [2.24, 2.45) is 0 Å². The molecule has 0 saturated heterocycles. The van der Waals surface area contributed by atoms with Crippen LogP contribution in [0.4, 0.5) is 0 Å². The predicted octanol–water partition coefficient (Wildman–Crippen LogP) is 4.98. The number of thioether (sulfide) groups is 1. The van der Waals surface area contributed by atoms with Crippen molar-refractivity contribution in [2.75, 3.05) is 5.75 Å². The number of nitrogens with zero attached hydrogens (tertiary/aromatic N) is 4. The van der Waals surface area contributed by atoms with E-state index in [2.05, 4.69) is 57.1 Å². The van der Waals surface area contributed by atoms with Crippen molar-refractivity contribution in [2.45, 2.75) is 57.3 Å². The molecule has 4 rings (SSSR count). The maximum absolute atomic E-state index is 13.0. The Morgan fingerprint density at radius 1 is 1.20 bits per heavy atom. The first-order valence-corrected chi connectivity index (χ1v) is 11.5. The van der Waals surface area contributed by atoms with E-state index in [0.29, 0.717) is 18.2 Å². The summed E-state index contributed by atoms with van der Waals surface area (Å²) < 4.78 is 4.35. The number of ketones is 1. The van der Waals surface area contributed by atoms with Crippen LogP contribution in [0.3, 0.4) is 0 Å². The molecule has 0 bridgehead atoms. The standard InChI is InChI=1S/C24H28N4OS/c1-4-13-28-23(20-10-11-20)25-26-24(28)30-16-22(29)21-15-17(2)27(18(21)3)14-12-19-8-6-5-7-9-19/h4-9,15,20H,1,10-14,16H2,2-3H3. The van der Waals surface area contributed by atoms with Gasteiger partial charge in [-0.1, -0.05) is 48.2 Å². The Morgan fingerprint density at radius 2 is 1.97 bits per heavy atom. The van der Waals surface area contributed by atoms with Crippen molar-refractivity contribution < 1.29 is 4.79 Å². The van der Waals surface area contributed by atoms with Crippen LogP contribution in [-0.2, 0) is 19.5 Å².